The molecule has 1 aliphatic rings. The monoisotopic (exact) mass is 229 g/mol. The quantitative estimate of drug-likeness (QED) is 0.676. The van der Waals surface area contributed by atoms with E-state index in [1.54, 1.807) is 0 Å². The van der Waals surface area contributed by atoms with Crippen molar-refractivity contribution in [3.8, 4) is 0 Å². The number of aliphatic hydroxyl groups excluding tert-OH is 1. The number of carbonyl (C=O) groups excluding carboxylic acids is 2. The van der Waals surface area contributed by atoms with Crippen molar-refractivity contribution in [1.82, 2.24) is 5.32 Å². The lowest BCUT2D eigenvalue weighted by Crippen LogP contribution is -2.46. The van der Waals surface area contributed by atoms with Crippen LogP contribution >= 0.6 is 0 Å². The van der Waals surface area contributed by atoms with Gasteiger partial charge in [-0.25, -0.2) is 4.79 Å². The Bertz CT molecular complexity index is 248. The van der Waals surface area contributed by atoms with Crippen molar-refractivity contribution in [3.63, 3.8) is 0 Å². The molecule has 1 rings (SSSR count). The molecule has 0 spiro atoms. The third-order valence-corrected chi connectivity index (χ3v) is 2.96. The van der Waals surface area contributed by atoms with Gasteiger partial charge < -0.3 is 15.2 Å². The highest BCUT2D eigenvalue weighted by atomic mass is 16.5. The van der Waals surface area contributed by atoms with E-state index in [1.165, 1.54) is 13.5 Å². The van der Waals surface area contributed by atoms with Gasteiger partial charge in [0.2, 0.25) is 5.91 Å². The van der Waals surface area contributed by atoms with E-state index in [4.69, 9.17) is 5.11 Å². The zero-order valence-corrected chi connectivity index (χ0v) is 9.57. The summed E-state index contributed by atoms with van der Waals surface area (Å²) < 4.78 is 4.48. The van der Waals surface area contributed by atoms with Crippen LogP contribution in [0, 0.1) is 5.92 Å². The van der Waals surface area contributed by atoms with Crippen molar-refractivity contribution in [3.05, 3.63) is 0 Å². The molecule has 1 amide bonds. The molecule has 92 valence electrons. The Labute approximate surface area is 95.2 Å². The van der Waals surface area contributed by atoms with E-state index in [0.29, 0.717) is 0 Å². The van der Waals surface area contributed by atoms with Gasteiger partial charge in [0.25, 0.3) is 0 Å². The summed E-state index contributed by atoms with van der Waals surface area (Å²) in [6.45, 7) is -0.425. The lowest BCUT2D eigenvalue weighted by molar-refractivity contribution is -0.146. The first-order chi connectivity index (χ1) is 7.69. The SMILES string of the molecule is COC(=O)[C@H](CO)NC(=O)C1CCCCC1. The highest BCUT2D eigenvalue weighted by Gasteiger charge is 2.26. The van der Waals surface area contributed by atoms with Crippen molar-refractivity contribution in [2.24, 2.45) is 5.92 Å². The first-order valence-electron chi connectivity index (χ1n) is 5.68. The van der Waals surface area contributed by atoms with Crippen molar-refractivity contribution in [2.45, 2.75) is 38.1 Å². The van der Waals surface area contributed by atoms with Crippen LogP contribution in [0.3, 0.4) is 0 Å². The maximum Gasteiger partial charge on any atom is 0.330 e. The van der Waals surface area contributed by atoms with Crippen LogP contribution in [0.15, 0.2) is 0 Å². The maximum absolute atomic E-state index is 11.8. The second-order valence-corrected chi connectivity index (χ2v) is 4.10. The maximum atomic E-state index is 11.8. The number of rotatable bonds is 4. The van der Waals surface area contributed by atoms with E-state index < -0.39 is 18.6 Å². The van der Waals surface area contributed by atoms with Gasteiger partial charge in [-0.15, -0.1) is 0 Å². The zero-order chi connectivity index (χ0) is 12.0. The van der Waals surface area contributed by atoms with Crippen LogP contribution in [0.25, 0.3) is 0 Å². The minimum Gasteiger partial charge on any atom is -0.467 e. The van der Waals surface area contributed by atoms with Gasteiger partial charge in [-0.1, -0.05) is 19.3 Å². The first-order valence-corrected chi connectivity index (χ1v) is 5.68. The second kappa shape index (κ2) is 6.48. The fourth-order valence-electron chi connectivity index (χ4n) is 1.98. The van der Waals surface area contributed by atoms with E-state index >= 15 is 0 Å². The van der Waals surface area contributed by atoms with Crippen LogP contribution in [0.2, 0.25) is 0 Å². The highest BCUT2D eigenvalue weighted by Crippen LogP contribution is 2.23. The third kappa shape index (κ3) is 3.48. The summed E-state index contributed by atoms with van der Waals surface area (Å²) >= 11 is 0. The van der Waals surface area contributed by atoms with Gasteiger partial charge in [0.1, 0.15) is 0 Å². The van der Waals surface area contributed by atoms with Crippen molar-refractivity contribution in [2.75, 3.05) is 13.7 Å². The molecule has 0 unspecified atom stereocenters. The number of nitrogens with one attached hydrogen (secondary N) is 1. The Hall–Kier alpha value is -1.10. The molecule has 0 saturated heterocycles. The standard InChI is InChI=1S/C11H19NO4/c1-16-11(15)9(7-13)12-10(14)8-5-3-2-4-6-8/h8-9,13H,2-7H2,1H3,(H,12,14)/t9-/m0/s1. The molecule has 5 nitrogen and oxygen atoms in total. The summed E-state index contributed by atoms with van der Waals surface area (Å²) in [5, 5.41) is 11.5. The average molecular weight is 229 g/mol. The molecule has 0 aromatic heterocycles. The molecule has 1 saturated carbocycles. The van der Waals surface area contributed by atoms with Crippen LogP contribution in [0.4, 0.5) is 0 Å². The minimum atomic E-state index is -0.931. The smallest absolute Gasteiger partial charge is 0.330 e. The average Bonchev–Trinajstić information content (AvgIpc) is 2.35. The molecule has 0 aromatic rings. The van der Waals surface area contributed by atoms with E-state index in [9.17, 15) is 9.59 Å². The van der Waals surface area contributed by atoms with Crippen LogP contribution in [-0.4, -0.2) is 36.7 Å². The van der Waals surface area contributed by atoms with Gasteiger partial charge in [0.15, 0.2) is 6.04 Å². The fourth-order valence-corrected chi connectivity index (χ4v) is 1.98. The number of aliphatic hydroxyl groups is 1. The Morgan fingerprint density at radius 2 is 2.00 bits per heavy atom. The minimum absolute atomic E-state index is 0.0209. The molecule has 1 atom stereocenters. The molecule has 0 bridgehead atoms. The van der Waals surface area contributed by atoms with Gasteiger partial charge in [-0.05, 0) is 12.8 Å². The number of ether oxygens (including phenoxy) is 1. The number of hydrogen-bond acceptors (Lipinski definition) is 4. The van der Waals surface area contributed by atoms with E-state index in [0.717, 1.165) is 25.7 Å². The first kappa shape index (κ1) is 13.0. The lowest BCUT2D eigenvalue weighted by atomic mass is 9.88. The van der Waals surface area contributed by atoms with Crippen LogP contribution in [-0.2, 0) is 14.3 Å². The molecule has 1 aliphatic carbocycles. The lowest BCUT2D eigenvalue weighted by Gasteiger charge is -2.22. The Morgan fingerprint density at radius 1 is 1.38 bits per heavy atom. The zero-order valence-electron chi connectivity index (χ0n) is 9.57. The molecule has 2 N–H and O–H groups in total. The van der Waals surface area contributed by atoms with Gasteiger partial charge in [0, 0.05) is 5.92 Å². The molecule has 0 aliphatic heterocycles. The van der Waals surface area contributed by atoms with Crippen LogP contribution in [0.5, 0.6) is 0 Å². The third-order valence-electron chi connectivity index (χ3n) is 2.96. The van der Waals surface area contributed by atoms with E-state index in [1.807, 2.05) is 0 Å². The van der Waals surface area contributed by atoms with E-state index in [-0.39, 0.29) is 11.8 Å². The molecule has 0 radical (unpaired) electrons. The van der Waals surface area contributed by atoms with Gasteiger partial charge in [-0.3, -0.25) is 4.79 Å². The molecule has 16 heavy (non-hydrogen) atoms. The molecule has 1 fully saturated rings. The van der Waals surface area contributed by atoms with Crippen molar-refractivity contribution in [1.29, 1.82) is 0 Å². The van der Waals surface area contributed by atoms with Gasteiger partial charge in [0.05, 0.1) is 13.7 Å². The fraction of sp³-hybridized carbons (Fsp3) is 0.818. The largest absolute Gasteiger partial charge is 0.467 e. The summed E-state index contributed by atoms with van der Waals surface area (Å²) in [4.78, 5) is 22.9. The molecule has 5 heteroatoms. The number of hydrogen-bond donors (Lipinski definition) is 2. The van der Waals surface area contributed by atoms with E-state index in [2.05, 4.69) is 10.1 Å². The Kier molecular flexibility index (Phi) is 5.25. The van der Waals surface area contributed by atoms with Gasteiger partial charge in [-0.2, -0.15) is 0 Å². The van der Waals surface area contributed by atoms with Crippen LogP contribution < -0.4 is 5.32 Å². The normalized spacial score (nSPS) is 18.9. The summed E-state index contributed by atoms with van der Waals surface area (Å²) in [7, 11) is 1.23. The van der Waals surface area contributed by atoms with Crippen molar-refractivity contribution < 1.29 is 19.4 Å². The molecular formula is C11H19NO4. The number of methoxy groups -OCH3 is 1. The number of esters is 1. The number of amides is 1. The van der Waals surface area contributed by atoms with Crippen molar-refractivity contribution >= 4 is 11.9 Å². The van der Waals surface area contributed by atoms with Gasteiger partial charge >= 0.3 is 5.97 Å². The summed E-state index contributed by atoms with van der Waals surface area (Å²) in [5.41, 5.74) is 0. The highest BCUT2D eigenvalue weighted by molar-refractivity contribution is 5.85. The molecule has 0 aromatic carbocycles. The topological polar surface area (TPSA) is 75.6 Å². The number of carbonyl (C=O) groups is 2. The summed E-state index contributed by atoms with van der Waals surface area (Å²) in [6, 6.07) is -0.931. The van der Waals surface area contributed by atoms with Crippen LogP contribution in [0.1, 0.15) is 32.1 Å². The summed E-state index contributed by atoms with van der Waals surface area (Å²) in [5.74, 6) is -0.775. The predicted octanol–water partition coefficient (Wildman–Crippen LogP) is 0.217. The predicted molar refractivity (Wildman–Crippen MR) is 57.6 cm³/mol. The molecule has 0 heterocycles. The Morgan fingerprint density at radius 3 is 2.50 bits per heavy atom. The second-order valence-electron chi connectivity index (χ2n) is 4.10. The summed E-state index contributed by atoms with van der Waals surface area (Å²) in [6.07, 6.45) is 5.01. The Balaban J connectivity index is 2.44. The molecular weight excluding hydrogens is 210 g/mol.